The minimum atomic E-state index is -0.873. The molecule has 0 saturated carbocycles. The zero-order chi connectivity index (χ0) is 17.9. The number of benzene rings is 1. The Morgan fingerprint density at radius 1 is 1.29 bits per heavy atom. The number of ether oxygens (including phenoxy) is 2. The molecule has 0 aliphatic heterocycles. The molecule has 24 heavy (non-hydrogen) atoms. The zero-order valence-electron chi connectivity index (χ0n) is 14.2. The maximum atomic E-state index is 12.4. The molecule has 0 radical (unpaired) electrons. The molecule has 1 atom stereocenters. The van der Waals surface area contributed by atoms with Gasteiger partial charge in [-0.2, -0.15) is 9.67 Å². The van der Waals surface area contributed by atoms with E-state index in [0.29, 0.717) is 5.56 Å². The van der Waals surface area contributed by atoms with E-state index in [4.69, 9.17) is 9.15 Å². The highest BCUT2D eigenvalue weighted by molar-refractivity contribution is 5.96. The first-order chi connectivity index (χ1) is 11.3. The van der Waals surface area contributed by atoms with Crippen LogP contribution in [0.5, 0.6) is 0 Å². The van der Waals surface area contributed by atoms with Gasteiger partial charge in [0.1, 0.15) is 0 Å². The molecule has 8 nitrogen and oxygen atoms in total. The monoisotopic (exact) mass is 333 g/mol. The fraction of sp³-hybridized carbons (Fsp3) is 0.375. The van der Waals surface area contributed by atoms with Gasteiger partial charge >= 0.3 is 11.8 Å². The lowest BCUT2D eigenvalue weighted by Gasteiger charge is -2.10. The van der Waals surface area contributed by atoms with E-state index in [1.807, 2.05) is 26.0 Å². The Balaban J connectivity index is 2.39. The highest BCUT2D eigenvalue weighted by Crippen LogP contribution is 2.12. The first kappa shape index (κ1) is 17.5. The molecule has 1 aromatic carbocycles. The van der Waals surface area contributed by atoms with Crippen molar-refractivity contribution < 1.29 is 23.5 Å². The average molecular weight is 333 g/mol. The molecule has 1 heterocycles. The molecule has 2 aromatic rings. The molecule has 0 fully saturated rings. The molecular weight excluding hydrogens is 314 g/mol. The topological polar surface area (TPSA) is 95.9 Å². The van der Waals surface area contributed by atoms with Crippen molar-refractivity contribution in [1.82, 2.24) is 9.78 Å². The third kappa shape index (κ3) is 3.89. The van der Waals surface area contributed by atoms with Crippen LogP contribution in [0.4, 0.5) is 4.79 Å². The van der Waals surface area contributed by atoms with Crippen LogP contribution in [0.3, 0.4) is 0 Å². The molecule has 1 aromatic heterocycles. The summed E-state index contributed by atoms with van der Waals surface area (Å²) in [5.41, 5.74) is 2.26. The summed E-state index contributed by atoms with van der Waals surface area (Å²) in [6, 6.07) is 5.43. The second-order valence-electron chi connectivity index (χ2n) is 5.25. The van der Waals surface area contributed by atoms with E-state index in [9.17, 15) is 9.59 Å². The van der Waals surface area contributed by atoms with Gasteiger partial charge in [0.05, 0.1) is 7.11 Å². The van der Waals surface area contributed by atoms with Gasteiger partial charge in [0.15, 0.2) is 0 Å². The number of amides is 1. The number of hydrogen-bond donors (Lipinski definition) is 0. The van der Waals surface area contributed by atoms with Crippen molar-refractivity contribution in [3.63, 3.8) is 0 Å². The van der Waals surface area contributed by atoms with Gasteiger partial charge in [-0.3, -0.25) is 4.79 Å². The molecule has 1 amide bonds. The molecule has 1 unspecified atom stereocenters. The summed E-state index contributed by atoms with van der Waals surface area (Å²) < 4.78 is 16.0. The van der Waals surface area contributed by atoms with Crippen LogP contribution in [0.25, 0.3) is 0 Å². The van der Waals surface area contributed by atoms with Crippen molar-refractivity contribution in [3.8, 4) is 0 Å². The maximum Gasteiger partial charge on any atom is 0.509 e. The Kier molecular flexibility index (Phi) is 5.18. The molecule has 0 aliphatic rings. The standard InChI is InChI=1S/C16H19N3O5/c1-9-6-7-13(10(2)8-9)14(20)17-15-19(18-11(3)23-15)12(4)24-16(21)22-5/h6-8,12H,1-5H3. The van der Waals surface area contributed by atoms with Crippen molar-refractivity contribution in [2.45, 2.75) is 33.9 Å². The van der Waals surface area contributed by atoms with E-state index in [1.54, 1.807) is 19.9 Å². The Hall–Kier alpha value is -2.90. The van der Waals surface area contributed by atoms with Gasteiger partial charge in [0.2, 0.25) is 12.1 Å². The predicted octanol–water partition coefficient (Wildman–Crippen LogP) is 2.44. The number of carbonyl (C=O) groups excluding carboxylic acids is 2. The number of nitrogens with zero attached hydrogens (tertiary/aromatic N) is 3. The van der Waals surface area contributed by atoms with E-state index in [-0.39, 0.29) is 11.6 Å². The summed E-state index contributed by atoms with van der Waals surface area (Å²) in [5, 5.41) is 4.05. The first-order valence-electron chi connectivity index (χ1n) is 7.29. The van der Waals surface area contributed by atoms with Gasteiger partial charge in [-0.15, -0.1) is 5.10 Å². The van der Waals surface area contributed by atoms with Crippen molar-refractivity contribution in [2.24, 2.45) is 4.99 Å². The Morgan fingerprint density at radius 2 is 2.00 bits per heavy atom. The molecule has 8 heteroatoms. The second kappa shape index (κ2) is 7.12. The fourth-order valence-electron chi connectivity index (χ4n) is 2.14. The lowest BCUT2D eigenvalue weighted by Crippen LogP contribution is -2.26. The van der Waals surface area contributed by atoms with Gasteiger partial charge in [0.25, 0.3) is 5.91 Å². The van der Waals surface area contributed by atoms with Crippen LogP contribution in [0, 0.1) is 20.8 Å². The molecule has 0 aliphatic carbocycles. The Bertz CT molecular complexity index is 834. The molecule has 0 N–H and O–H groups in total. The lowest BCUT2D eigenvalue weighted by atomic mass is 10.1. The minimum absolute atomic E-state index is 0.0612. The fourth-order valence-corrected chi connectivity index (χ4v) is 2.14. The number of rotatable bonds is 3. The average Bonchev–Trinajstić information content (AvgIpc) is 2.87. The van der Waals surface area contributed by atoms with E-state index in [1.165, 1.54) is 11.8 Å². The summed E-state index contributed by atoms with van der Waals surface area (Å²) in [7, 11) is 1.20. The van der Waals surface area contributed by atoms with Crippen LogP contribution < -0.4 is 5.68 Å². The number of aromatic nitrogens is 2. The molecule has 0 saturated heterocycles. The number of carbonyl (C=O) groups is 2. The van der Waals surface area contributed by atoms with Crippen LogP contribution in [0.1, 0.15) is 40.5 Å². The van der Waals surface area contributed by atoms with Gasteiger partial charge in [0, 0.05) is 12.5 Å². The SMILES string of the molecule is COC(=O)OC(C)n1nc(C)oc1=NC(=O)c1ccc(C)cc1C. The maximum absolute atomic E-state index is 12.4. The summed E-state index contributed by atoms with van der Waals surface area (Å²) in [4.78, 5) is 27.6. The van der Waals surface area contributed by atoms with E-state index in [2.05, 4.69) is 14.8 Å². The van der Waals surface area contributed by atoms with Gasteiger partial charge in [-0.05, 0) is 32.4 Å². The van der Waals surface area contributed by atoms with Crippen LogP contribution in [0.2, 0.25) is 0 Å². The number of methoxy groups -OCH3 is 1. The van der Waals surface area contributed by atoms with E-state index >= 15 is 0 Å². The van der Waals surface area contributed by atoms with Crippen LogP contribution in [0.15, 0.2) is 27.6 Å². The third-order valence-corrected chi connectivity index (χ3v) is 3.27. The zero-order valence-corrected chi connectivity index (χ0v) is 14.2. The minimum Gasteiger partial charge on any atom is -0.438 e. The molecular formula is C16H19N3O5. The van der Waals surface area contributed by atoms with Gasteiger partial charge < -0.3 is 13.9 Å². The Labute approximate surface area is 138 Å². The molecule has 0 spiro atoms. The molecule has 0 bridgehead atoms. The van der Waals surface area contributed by atoms with Crippen molar-refractivity contribution in [3.05, 3.63) is 46.5 Å². The Morgan fingerprint density at radius 3 is 2.62 bits per heavy atom. The van der Waals surface area contributed by atoms with Gasteiger partial charge in [-0.1, -0.05) is 17.7 Å². The van der Waals surface area contributed by atoms with Crippen LogP contribution in [-0.4, -0.2) is 29.0 Å². The molecule has 128 valence electrons. The largest absolute Gasteiger partial charge is 0.509 e. The predicted molar refractivity (Wildman–Crippen MR) is 83.2 cm³/mol. The summed E-state index contributed by atoms with van der Waals surface area (Å²) >= 11 is 0. The highest BCUT2D eigenvalue weighted by Gasteiger charge is 2.17. The summed E-state index contributed by atoms with van der Waals surface area (Å²) in [5.74, 6) is -0.190. The lowest BCUT2D eigenvalue weighted by molar-refractivity contribution is 0.00679. The number of aryl methyl sites for hydroxylation is 3. The van der Waals surface area contributed by atoms with Crippen molar-refractivity contribution >= 4 is 12.1 Å². The smallest absolute Gasteiger partial charge is 0.438 e. The summed E-state index contributed by atoms with van der Waals surface area (Å²) in [6.07, 6.45) is -1.72. The first-order valence-corrected chi connectivity index (χ1v) is 7.29. The van der Waals surface area contributed by atoms with Crippen molar-refractivity contribution in [1.29, 1.82) is 0 Å². The van der Waals surface area contributed by atoms with Crippen LogP contribution in [-0.2, 0) is 9.47 Å². The van der Waals surface area contributed by atoms with E-state index < -0.39 is 18.3 Å². The quantitative estimate of drug-likeness (QED) is 0.801. The van der Waals surface area contributed by atoms with E-state index in [0.717, 1.165) is 11.1 Å². The normalized spacial score (nSPS) is 12.8. The highest BCUT2D eigenvalue weighted by atomic mass is 16.7. The van der Waals surface area contributed by atoms with Gasteiger partial charge in [-0.25, -0.2) is 4.79 Å². The molecule has 2 rings (SSSR count). The summed E-state index contributed by atoms with van der Waals surface area (Å²) in [6.45, 7) is 6.93. The second-order valence-corrected chi connectivity index (χ2v) is 5.25. The number of hydrogen-bond acceptors (Lipinski definition) is 6. The third-order valence-electron chi connectivity index (χ3n) is 3.27. The van der Waals surface area contributed by atoms with Crippen LogP contribution >= 0.6 is 0 Å². The van der Waals surface area contributed by atoms with Crippen molar-refractivity contribution in [2.75, 3.05) is 7.11 Å².